The average molecular weight is 259 g/mol. The van der Waals surface area contributed by atoms with E-state index in [1.54, 1.807) is 0 Å². The van der Waals surface area contributed by atoms with E-state index in [2.05, 4.69) is 36.2 Å². The van der Waals surface area contributed by atoms with Gasteiger partial charge < -0.3 is 0 Å². The summed E-state index contributed by atoms with van der Waals surface area (Å²) in [6.45, 7) is 0. The van der Waals surface area contributed by atoms with E-state index in [4.69, 9.17) is 0 Å². The average Bonchev–Trinajstić information content (AvgIpc) is 1.98. The number of hydrogen-bond acceptors (Lipinski definition) is 2. The molecule has 0 unspecified atom stereocenters. The molecule has 1 heterocycles. The van der Waals surface area contributed by atoms with E-state index in [0.717, 1.165) is 3.79 Å². The lowest BCUT2D eigenvalue weighted by molar-refractivity contribution is 1.40. The minimum atomic E-state index is -0.0816. The molecule has 0 aliphatic rings. The molecule has 0 amide bonds. The van der Waals surface area contributed by atoms with Crippen molar-refractivity contribution >= 4 is 43.4 Å². The largest absolute Gasteiger partial charge is 0.276 e. The minimum Gasteiger partial charge on any atom is -0.276 e. The van der Waals surface area contributed by atoms with Gasteiger partial charge in [-0.2, -0.15) is 0 Å². The molecule has 44 valence electrons. The fraction of sp³-hybridized carbons (Fsp3) is 0. The second-order valence-corrected chi connectivity index (χ2v) is 4.05. The van der Waals surface area contributed by atoms with Crippen LogP contribution in [-0.4, -0.2) is 4.37 Å². The van der Waals surface area contributed by atoms with Gasteiger partial charge in [0.1, 0.15) is 8.26 Å². The zero-order chi connectivity index (χ0) is 6.15. The Morgan fingerprint density at radius 3 is 2.25 bits per heavy atom. The van der Waals surface area contributed by atoms with Gasteiger partial charge in [0.25, 0.3) is 5.56 Å². The van der Waals surface area contributed by atoms with Gasteiger partial charge in [-0.1, -0.05) is 11.5 Å². The molecule has 0 aromatic carbocycles. The second-order valence-electron chi connectivity index (χ2n) is 1.12. The van der Waals surface area contributed by atoms with Crippen molar-refractivity contribution in [1.82, 2.24) is 4.37 Å². The van der Waals surface area contributed by atoms with Gasteiger partial charge in [0.2, 0.25) is 0 Å². The molecule has 1 aromatic rings. The van der Waals surface area contributed by atoms with Crippen LogP contribution < -0.4 is 5.56 Å². The summed E-state index contributed by atoms with van der Waals surface area (Å²) in [4.78, 5) is 10.5. The summed E-state index contributed by atoms with van der Waals surface area (Å²) in [5.74, 6) is 0. The minimum absolute atomic E-state index is 0.0816. The summed E-state index contributed by atoms with van der Waals surface area (Å²) < 4.78 is 3.91. The SMILES string of the molecule is O=c1[nH]sc(Br)c1Br. The molecule has 0 aliphatic heterocycles. The highest BCUT2D eigenvalue weighted by Gasteiger charge is 2.00. The molecule has 0 radical (unpaired) electrons. The molecule has 1 rings (SSSR count). The maximum Gasteiger partial charge on any atom is 0.273 e. The van der Waals surface area contributed by atoms with Crippen LogP contribution in [0, 0.1) is 0 Å². The van der Waals surface area contributed by atoms with E-state index in [0.29, 0.717) is 4.47 Å². The molecular weight excluding hydrogens is 258 g/mol. The first-order valence-corrected chi connectivity index (χ1v) is 4.14. The summed E-state index contributed by atoms with van der Waals surface area (Å²) in [6, 6.07) is 0. The lowest BCUT2D eigenvalue weighted by Gasteiger charge is -1.71. The Balaban J connectivity index is 3.41. The Labute approximate surface area is 66.3 Å². The van der Waals surface area contributed by atoms with Crippen LogP contribution in [0.4, 0.5) is 0 Å². The second kappa shape index (κ2) is 2.33. The van der Waals surface area contributed by atoms with Crippen molar-refractivity contribution in [3.8, 4) is 0 Å². The van der Waals surface area contributed by atoms with Crippen LogP contribution in [0.2, 0.25) is 0 Å². The van der Waals surface area contributed by atoms with Gasteiger partial charge in [0, 0.05) is 0 Å². The van der Waals surface area contributed by atoms with E-state index in [-0.39, 0.29) is 5.56 Å². The van der Waals surface area contributed by atoms with Gasteiger partial charge in [-0.05, 0) is 31.9 Å². The maximum absolute atomic E-state index is 10.5. The first kappa shape index (κ1) is 6.51. The van der Waals surface area contributed by atoms with E-state index in [1.165, 1.54) is 11.5 Å². The van der Waals surface area contributed by atoms with Crippen molar-refractivity contribution in [2.75, 3.05) is 0 Å². The third-order valence-electron chi connectivity index (χ3n) is 0.605. The molecule has 2 nitrogen and oxygen atoms in total. The van der Waals surface area contributed by atoms with Crippen molar-refractivity contribution in [1.29, 1.82) is 0 Å². The lowest BCUT2D eigenvalue weighted by Crippen LogP contribution is -1.95. The molecular formula is C3HBr2NOS. The Kier molecular flexibility index (Phi) is 1.89. The summed E-state index contributed by atoms with van der Waals surface area (Å²) in [7, 11) is 0. The van der Waals surface area contributed by atoms with Crippen LogP contribution in [0.25, 0.3) is 0 Å². The number of rotatable bonds is 0. The molecule has 1 N–H and O–H groups in total. The summed E-state index contributed by atoms with van der Waals surface area (Å²) in [6.07, 6.45) is 0. The number of nitrogens with one attached hydrogen (secondary N) is 1. The Hall–Kier alpha value is 0.390. The Morgan fingerprint density at radius 2 is 2.12 bits per heavy atom. The van der Waals surface area contributed by atoms with Crippen molar-refractivity contribution in [2.45, 2.75) is 0 Å². The van der Waals surface area contributed by atoms with E-state index >= 15 is 0 Å². The van der Waals surface area contributed by atoms with Crippen LogP contribution in [0.15, 0.2) is 13.1 Å². The summed E-state index contributed by atoms with van der Waals surface area (Å²) in [5, 5.41) is 0. The smallest absolute Gasteiger partial charge is 0.273 e. The highest BCUT2D eigenvalue weighted by molar-refractivity contribution is 9.13. The van der Waals surface area contributed by atoms with Gasteiger partial charge in [0.05, 0.1) is 0 Å². The molecule has 0 aliphatic carbocycles. The van der Waals surface area contributed by atoms with Gasteiger partial charge in [0.15, 0.2) is 0 Å². The number of halogens is 2. The van der Waals surface area contributed by atoms with Gasteiger partial charge >= 0.3 is 0 Å². The van der Waals surface area contributed by atoms with E-state index in [1.807, 2.05) is 0 Å². The molecule has 0 saturated carbocycles. The topological polar surface area (TPSA) is 32.9 Å². The molecule has 0 fully saturated rings. The number of H-pyrrole nitrogens is 1. The third kappa shape index (κ3) is 1.04. The highest BCUT2D eigenvalue weighted by Crippen LogP contribution is 2.21. The fourth-order valence-corrected chi connectivity index (χ4v) is 1.63. The molecule has 0 spiro atoms. The van der Waals surface area contributed by atoms with Crippen molar-refractivity contribution in [3.63, 3.8) is 0 Å². The number of hydrogen-bond donors (Lipinski definition) is 1. The van der Waals surface area contributed by atoms with Crippen LogP contribution in [0.1, 0.15) is 0 Å². The highest BCUT2D eigenvalue weighted by atomic mass is 79.9. The fourth-order valence-electron chi connectivity index (χ4n) is 0.270. The predicted molar refractivity (Wildman–Crippen MR) is 40.3 cm³/mol. The first-order chi connectivity index (χ1) is 3.72. The van der Waals surface area contributed by atoms with Crippen LogP contribution >= 0.6 is 43.4 Å². The number of aromatic amines is 1. The molecule has 1 aromatic heterocycles. The third-order valence-corrected chi connectivity index (χ3v) is 3.71. The normalized spacial score (nSPS) is 9.75. The lowest BCUT2D eigenvalue weighted by atomic mass is 10.8. The first-order valence-electron chi connectivity index (χ1n) is 1.74. The molecule has 8 heavy (non-hydrogen) atoms. The summed E-state index contributed by atoms with van der Waals surface area (Å²) >= 11 is 7.49. The Morgan fingerprint density at radius 1 is 1.50 bits per heavy atom. The van der Waals surface area contributed by atoms with Crippen molar-refractivity contribution < 1.29 is 0 Å². The molecule has 0 saturated heterocycles. The van der Waals surface area contributed by atoms with Crippen LogP contribution in [0.5, 0.6) is 0 Å². The van der Waals surface area contributed by atoms with Crippen molar-refractivity contribution in [2.24, 2.45) is 0 Å². The van der Waals surface area contributed by atoms with E-state index < -0.39 is 0 Å². The van der Waals surface area contributed by atoms with Crippen molar-refractivity contribution in [3.05, 3.63) is 18.6 Å². The van der Waals surface area contributed by atoms with Crippen LogP contribution in [0.3, 0.4) is 0 Å². The number of aromatic nitrogens is 1. The van der Waals surface area contributed by atoms with Crippen LogP contribution in [-0.2, 0) is 0 Å². The monoisotopic (exact) mass is 257 g/mol. The Bertz CT molecular complexity index is 240. The zero-order valence-electron chi connectivity index (χ0n) is 3.57. The quantitative estimate of drug-likeness (QED) is 0.758. The van der Waals surface area contributed by atoms with Gasteiger partial charge in [-0.3, -0.25) is 9.17 Å². The predicted octanol–water partition coefficient (Wildman–Crippen LogP) is 1.96. The summed E-state index contributed by atoms with van der Waals surface area (Å²) in [5.41, 5.74) is -0.0816. The molecule has 0 atom stereocenters. The molecule has 0 bridgehead atoms. The van der Waals surface area contributed by atoms with Gasteiger partial charge in [-0.25, -0.2) is 0 Å². The zero-order valence-corrected chi connectivity index (χ0v) is 7.56. The molecule has 5 heteroatoms. The maximum atomic E-state index is 10.5. The standard InChI is InChI=1S/C3HBr2NOS/c4-1-2(5)8-6-3(1)7/h(H,6,7). The van der Waals surface area contributed by atoms with Gasteiger partial charge in [-0.15, -0.1) is 0 Å². The van der Waals surface area contributed by atoms with E-state index in [9.17, 15) is 4.79 Å².